The molecule has 0 saturated carbocycles. The summed E-state index contributed by atoms with van der Waals surface area (Å²) in [5, 5.41) is 2.65. The number of carbonyl (C=O) groups is 1. The van der Waals surface area contributed by atoms with Crippen LogP contribution >= 0.6 is 0 Å². The number of hydrogen-bond donors (Lipinski definition) is 2. The van der Waals surface area contributed by atoms with Gasteiger partial charge >= 0.3 is 0 Å². The lowest BCUT2D eigenvalue weighted by molar-refractivity contribution is -0.119. The summed E-state index contributed by atoms with van der Waals surface area (Å²) in [5.41, 5.74) is 6.17. The molecule has 15 heavy (non-hydrogen) atoms. The van der Waals surface area contributed by atoms with Crippen molar-refractivity contribution in [2.24, 2.45) is 0 Å². The zero-order chi connectivity index (χ0) is 11.0. The first-order valence-electron chi connectivity index (χ1n) is 4.61. The largest absolute Gasteiger partial charge is 0.398 e. The van der Waals surface area contributed by atoms with Crippen molar-refractivity contribution in [2.75, 3.05) is 5.73 Å². The Balaban J connectivity index is 2.36. The molecule has 3 N–H and O–H groups in total. The lowest BCUT2D eigenvalue weighted by Gasteiger charge is -2.13. The average Bonchev–Trinajstić information content (AvgIpc) is 2.58. The third-order valence-corrected chi connectivity index (χ3v) is 2.50. The van der Waals surface area contributed by atoms with Gasteiger partial charge in [0.05, 0.1) is 6.04 Å². The van der Waals surface area contributed by atoms with Crippen molar-refractivity contribution in [2.45, 2.75) is 18.9 Å². The Morgan fingerprint density at radius 1 is 1.33 bits per heavy atom. The maximum atomic E-state index is 13.0. The predicted octanol–water partition coefficient (Wildman–Crippen LogP) is 1.50. The SMILES string of the molecule is Nc1cc(F)c(F)cc1C1CCC(=O)N1. The molecule has 1 fully saturated rings. The van der Waals surface area contributed by atoms with E-state index in [1.54, 1.807) is 0 Å². The van der Waals surface area contributed by atoms with Gasteiger partial charge < -0.3 is 11.1 Å². The third-order valence-electron chi connectivity index (χ3n) is 2.50. The van der Waals surface area contributed by atoms with Crippen LogP contribution in [-0.2, 0) is 4.79 Å². The van der Waals surface area contributed by atoms with E-state index >= 15 is 0 Å². The zero-order valence-electron chi connectivity index (χ0n) is 7.89. The van der Waals surface area contributed by atoms with Crippen LogP contribution in [0.15, 0.2) is 12.1 Å². The fourth-order valence-corrected chi connectivity index (χ4v) is 1.73. The number of nitrogens with one attached hydrogen (secondary N) is 1. The fraction of sp³-hybridized carbons (Fsp3) is 0.300. The first-order valence-corrected chi connectivity index (χ1v) is 4.61. The molecule has 1 aliphatic heterocycles. The van der Waals surface area contributed by atoms with Gasteiger partial charge in [0, 0.05) is 23.7 Å². The van der Waals surface area contributed by atoms with Gasteiger partial charge in [-0.3, -0.25) is 4.79 Å². The molecule has 3 nitrogen and oxygen atoms in total. The van der Waals surface area contributed by atoms with E-state index in [2.05, 4.69) is 5.32 Å². The van der Waals surface area contributed by atoms with E-state index in [0.717, 1.165) is 12.1 Å². The van der Waals surface area contributed by atoms with Crippen LogP contribution in [0.2, 0.25) is 0 Å². The third kappa shape index (κ3) is 1.77. The lowest BCUT2D eigenvalue weighted by atomic mass is 10.0. The molecule has 0 spiro atoms. The van der Waals surface area contributed by atoms with Gasteiger partial charge in [-0.1, -0.05) is 0 Å². The van der Waals surface area contributed by atoms with Crippen LogP contribution in [-0.4, -0.2) is 5.91 Å². The van der Waals surface area contributed by atoms with E-state index in [1.165, 1.54) is 0 Å². The molecule has 1 atom stereocenters. The van der Waals surface area contributed by atoms with Crippen molar-refractivity contribution in [1.82, 2.24) is 5.32 Å². The van der Waals surface area contributed by atoms with Gasteiger partial charge in [0.2, 0.25) is 5.91 Å². The maximum absolute atomic E-state index is 13.0. The molecule has 1 amide bonds. The van der Waals surface area contributed by atoms with Crippen molar-refractivity contribution in [1.29, 1.82) is 0 Å². The van der Waals surface area contributed by atoms with Crippen LogP contribution in [0.1, 0.15) is 24.4 Å². The maximum Gasteiger partial charge on any atom is 0.220 e. The fourth-order valence-electron chi connectivity index (χ4n) is 1.73. The predicted molar refractivity (Wildman–Crippen MR) is 50.9 cm³/mol. The quantitative estimate of drug-likeness (QED) is 0.693. The van der Waals surface area contributed by atoms with E-state index in [1.807, 2.05) is 0 Å². The van der Waals surface area contributed by atoms with E-state index in [0.29, 0.717) is 18.4 Å². The molecule has 1 heterocycles. The minimum atomic E-state index is -0.972. The molecular weight excluding hydrogens is 202 g/mol. The summed E-state index contributed by atoms with van der Waals surface area (Å²) in [5.74, 6) is -2.01. The van der Waals surface area contributed by atoms with Gasteiger partial charge in [-0.2, -0.15) is 0 Å². The van der Waals surface area contributed by atoms with E-state index in [9.17, 15) is 13.6 Å². The zero-order valence-corrected chi connectivity index (χ0v) is 7.89. The molecule has 5 heteroatoms. The highest BCUT2D eigenvalue weighted by Gasteiger charge is 2.25. The number of hydrogen-bond acceptors (Lipinski definition) is 2. The Morgan fingerprint density at radius 2 is 2.00 bits per heavy atom. The second kappa shape index (κ2) is 3.49. The van der Waals surface area contributed by atoms with Gasteiger partial charge in [-0.05, 0) is 12.5 Å². The molecule has 80 valence electrons. The van der Waals surface area contributed by atoms with Gasteiger partial charge in [0.25, 0.3) is 0 Å². The molecule has 2 rings (SSSR count). The van der Waals surface area contributed by atoms with Crippen molar-refractivity contribution in [3.8, 4) is 0 Å². The molecule has 1 unspecified atom stereocenters. The minimum Gasteiger partial charge on any atom is -0.398 e. The summed E-state index contributed by atoms with van der Waals surface area (Å²) < 4.78 is 25.7. The molecule has 1 aromatic carbocycles. The summed E-state index contributed by atoms with van der Waals surface area (Å²) >= 11 is 0. The Labute approximate surface area is 85.3 Å². The number of anilines is 1. The molecular formula is C10H10F2N2O. The van der Waals surface area contributed by atoms with Crippen LogP contribution in [0, 0.1) is 11.6 Å². The Morgan fingerprint density at radius 3 is 2.60 bits per heavy atom. The first kappa shape index (κ1) is 9.89. The number of halogens is 2. The van der Waals surface area contributed by atoms with Crippen LogP contribution in [0.3, 0.4) is 0 Å². The van der Waals surface area contributed by atoms with Gasteiger partial charge in [0.15, 0.2) is 11.6 Å². The first-order chi connectivity index (χ1) is 7.08. The van der Waals surface area contributed by atoms with E-state index in [4.69, 9.17) is 5.73 Å². The summed E-state index contributed by atoms with van der Waals surface area (Å²) in [7, 11) is 0. The lowest BCUT2D eigenvalue weighted by Crippen LogP contribution is -2.19. The van der Waals surface area contributed by atoms with Crippen molar-refractivity contribution in [3.63, 3.8) is 0 Å². The summed E-state index contributed by atoms with van der Waals surface area (Å²) in [4.78, 5) is 11.0. The Kier molecular flexibility index (Phi) is 2.30. The number of nitrogen functional groups attached to an aromatic ring is 1. The molecule has 1 saturated heterocycles. The Bertz CT molecular complexity index is 420. The van der Waals surface area contributed by atoms with Gasteiger partial charge in [0.1, 0.15) is 0 Å². The van der Waals surface area contributed by atoms with E-state index in [-0.39, 0.29) is 17.6 Å². The molecule has 0 radical (unpaired) electrons. The summed E-state index contributed by atoms with van der Waals surface area (Å²) in [6.45, 7) is 0. The van der Waals surface area contributed by atoms with Crippen LogP contribution in [0.5, 0.6) is 0 Å². The minimum absolute atomic E-state index is 0.0934. The van der Waals surface area contributed by atoms with Crippen molar-refractivity contribution < 1.29 is 13.6 Å². The highest BCUT2D eigenvalue weighted by molar-refractivity contribution is 5.79. The standard InChI is InChI=1S/C10H10F2N2O/c11-6-3-5(8(13)4-7(6)12)9-1-2-10(15)14-9/h3-4,9H,1-2,13H2,(H,14,15). The van der Waals surface area contributed by atoms with Crippen molar-refractivity contribution in [3.05, 3.63) is 29.3 Å². The number of rotatable bonds is 1. The molecule has 0 aliphatic carbocycles. The number of benzene rings is 1. The van der Waals surface area contributed by atoms with Crippen LogP contribution in [0.25, 0.3) is 0 Å². The second-order valence-corrected chi connectivity index (χ2v) is 3.55. The van der Waals surface area contributed by atoms with Gasteiger partial charge in [-0.25, -0.2) is 8.78 Å². The van der Waals surface area contributed by atoms with Crippen molar-refractivity contribution >= 4 is 11.6 Å². The highest BCUT2D eigenvalue weighted by atomic mass is 19.2. The van der Waals surface area contributed by atoms with Crippen LogP contribution < -0.4 is 11.1 Å². The monoisotopic (exact) mass is 212 g/mol. The molecule has 0 aromatic heterocycles. The van der Waals surface area contributed by atoms with E-state index < -0.39 is 11.6 Å². The average molecular weight is 212 g/mol. The molecule has 1 aromatic rings. The topological polar surface area (TPSA) is 55.1 Å². The summed E-state index contributed by atoms with van der Waals surface area (Å²) in [6.07, 6.45) is 0.956. The number of nitrogens with two attached hydrogens (primary N) is 1. The highest BCUT2D eigenvalue weighted by Crippen LogP contribution is 2.29. The smallest absolute Gasteiger partial charge is 0.220 e. The molecule has 0 bridgehead atoms. The van der Waals surface area contributed by atoms with Crippen LogP contribution in [0.4, 0.5) is 14.5 Å². The second-order valence-electron chi connectivity index (χ2n) is 3.55. The number of carbonyl (C=O) groups excluding carboxylic acids is 1. The Hall–Kier alpha value is -1.65. The number of amides is 1. The van der Waals surface area contributed by atoms with Gasteiger partial charge in [-0.15, -0.1) is 0 Å². The normalized spacial score (nSPS) is 20.4. The summed E-state index contributed by atoms with van der Waals surface area (Å²) in [6, 6.07) is 1.68. The molecule has 1 aliphatic rings.